The lowest BCUT2D eigenvalue weighted by atomic mass is 9.96. The van der Waals surface area contributed by atoms with E-state index in [2.05, 4.69) is 9.88 Å². The molecule has 176 valence electrons. The summed E-state index contributed by atoms with van der Waals surface area (Å²) in [6.45, 7) is 6.83. The quantitative estimate of drug-likeness (QED) is 0.613. The van der Waals surface area contributed by atoms with Gasteiger partial charge >= 0.3 is 12.1 Å². The molecule has 2 atom stereocenters. The second-order valence-corrected chi connectivity index (χ2v) is 9.57. The molecule has 2 aliphatic heterocycles. The molecular weight excluding hydrogens is 446 g/mol. The van der Waals surface area contributed by atoms with Gasteiger partial charge in [0.1, 0.15) is 24.0 Å². The van der Waals surface area contributed by atoms with Crippen LogP contribution in [0.1, 0.15) is 43.6 Å². The number of hydrogen-bond donors (Lipinski definition) is 0. The van der Waals surface area contributed by atoms with E-state index >= 15 is 0 Å². The van der Waals surface area contributed by atoms with E-state index in [9.17, 15) is 9.59 Å². The Hall–Kier alpha value is -2.84. The van der Waals surface area contributed by atoms with Gasteiger partial charge in [0.2, 0.25) is 0 Å². The van der Waals surface area contributed by atoms with Gasteiger partial charge in [0.05, 0.1) is 18.8 Å². The first-order valence-electron chi connectivity index (χ1n) is 10.9. The Labute approximate surface area is 198 Å². The summed E-state index contributed by atoms with van der Waals surface area (Å²) in [4.78, 5) is 33.8. The van der Waals surface area contributed by atoms with Gasteiger partial charge in [-0.15, -0.1) is 0 Å². The lowest BCUT2D eigenvalue weighted by molar-refractivity contribution is -0.149. The summed E-state index contributed by atoms with van der Waals surface area (Å²) in [6.07, 6.45) is 1.22. The monoisotopic (exact) mass is 473 g/mol. The number of halogens is 1. The zero-order chi connectivity index (χ0) is 23.8. The molecule has 0 spiro atoms. The summed E-state index contributed by atoms with van der Waals surface area (Å²) in [5.41, 5.74) is 2.05. The number of nitrogens with zero attached hydrogens (tertiary/aromatic N) is 3. The van der Waals surface area contributed by atoms with Crippen molar-refractivity contribution in [3.05, 3.63) is 58.4 Å². The average Bonchev–Trinajstić information content (AvgIpc) is 2.93. The molecule has 2 aliphatic rings. The molecule has 8 nitrogen and oxygen atoms in total. The molecule has 0 N–H and O–H groups in total. The van der Waals surface area contributed by atoms with E-state index in [0.29, 0.717) is 30.5 Å². The van der Waals surface area contributed by atoms with Crippen molar-refractivity contribution < 1.29 is 23.8 Å². The van der Waals surface area contributed by atoms with Crippen LogP contribution in [0, 0.1) is 0 Å². The fourth-order valence-corrected chi connectivity index (χ4v) is 4.43. The Kier molecular flexibility index (Phi) is 6.50. The minimum Gasteiger partial charge on any atom is -0.488 e. The second-order valence-electron chi connectivity index (χ2n) is 9.13. The smallest absolute Gasteiger partial charge is 0.411 e. The van der Waals surface area contributed by atoms with Crippen molar-refractivity contribution in [3.8, 4) is 5.75 Å². The summed E-state index contributed by atoms with van der Waals surface area (Å²) in [5.74, 6) is 0.183. The molecule has 0 radical (unpaired) electrons. The summed E-state index contributed by atoms with van der Waals surface area (Å²) < 4.78 is 16.6. The van der Waals surface area contributed by atoms with Crippen molar-refractivity contribution >= 4 is 23.7 Å². The highest BCUT2D eigenvalue weighted by Crippen LogP contribution is 2.40. The molecule has 1 amide bonds. The van der Waals surface area contributed by atoms with Crippen LogP contribution in [0.5, 0.6) is 5.75 Å². The van der Waals surface area contributed by atoms with Gasteiger partial charge in [0, 0.05) is 42.0 Å². The topological polar surface area (TPSA) is 81.2 Å². The third-order valence-corrected chi connectivity index (χ3v) is 5.95. The number of esters is 1. The van der Waals surface area contributed by atoms with Crippen LogP contribution in [-0.2, 0) is 20.9 Å². The number of methoxy groups -OCH3 is 1. The maximum atomic E-state index is 12.8. The number of amides is 1. The molecule has 1 aromatic carbocycles. The van der Waals surface area contributed by atoms with Crippen molar-refractivity contribution in [3.63, 3.8) is 0 Å². The first-order valence-corrected chi connectivity index (χ1v) is 11.2. The van der Waals surface area contributed by atoms with E-state index in [0.717, 1.165) is 16.8 Å². The Bertz CT molecular complexity index is 1050. The van der Waals surface area contributed by atoms with Crippen molar-refractivity contribution in [2.45, 2.75) is 45.1 Å². The number of rotatable bonds is 2. The third-order valence-electron chi connectivity index (χ3n) is 5.72. The Morgan fingerprint density at radius 2 is 2.00 bits per heavy atom. The highest BCUT2D eigenvalue weighted by atomic mass is 35.5. The molecule has 0 saturated carbocycles. The zero-order valence-corrected chi connectivity index (χ0v) is 20.0. The van der Waals surface area contributed by atoms with Crippen molar-refractivity contribution in [2.24, 2.45) is 0 Å². The minimum atomic E-state index is -0.814. The van der Waals surface area contributed by atoms with Crippen molar-refractivity contribution in [2.75, 3.05) is 26.7 Å². The van der Waals surface area contributed by atoms with E-state index < -0.39 is 23.7 Å². The number of piperazine rings is 1. The largest absolute Gasteiger partial charge is 0.488 e. The summed E-state index contributed by atoms with van der Waals surface area (Å²) in [5, 5.41) is 0.577. The molecule has 2 aromatic rings. The summed E-state index contributed by atoms with van der Waals surface area (Å²) in [6, 6.07) is 8.32. The van der Waals surface area contributed by atoms with Gasteiger partial charge in [-0.25, -0.2) is 9.59 Å². The fraction of sp³-hybridized carbons (Fsp3) is 0.458. The predicted octanol–water partition coefficient (Wildman–Crippen LogP) is 3.81. The zero-order valence-electron chi connectivity index (χ0n) is 19.2. The number of fused-ring (bicyclic) bond motifs is 2. The van der Waals surface area contributed by atoms with E-state index in [1.54, 1.807) is 33.0 Å². The molecule has 1 aromatic heterocycles. The van der Waals surface area contributed by atoms with Crippen LogP contribution in [0.2, 0.25) is 5.02 Å². The summed E-state index contributed by atoms with van der Waals surface area (Å²) in [7, 11) is 1.32. The number of aromatic nitrogens is 1. The van der Waals surface area contributed by atoms with Gasteiger partial charge in [0.25, 0.3) is 0 Å². The SMILES string of the molecule is COC(=O)[C@H]1CN(C2c3ccc(Cl)cc3OCc3cccnc32)CCN1C(=O)OC(C)(C)C. The van der Waals surface area contributed by atoms with Crippen LogP contribution in [0.25, 0.3) is 0 Å². The van der Waals surface area contributed by atoms with Crippen LogP contribution in [0.3, 0.4) is 0 Å². The van der Waals surface area contributed by atoms with Gasteiger partial charge in [-0.05, 0) is 39.0 Å². The lowest BCUT2D eigenvalue weighted by Gasteiger charge is -2.43. The van der Waals surface area contributed by atoms with Gasteiger partial charge < -0.3 is 14.2 Å². The Balaban J connectivity index is 1.71. The normalized spacial score (nSPS) is 20.7. The minimum absolute atomic E-state index is 0.259. The first kappa shape index (κ1) is 23.3. The molecule has 1 unspecified atom stereocenters. The van der Waals surface area contributed by atoms with Gasteiger partial charge in [-0.2, -0.15) is 0 Å². The van der Waals surface area contributed by atoms with E-state index in [1.807, 2.05) is 24.3 Å². The number of carbonyl (C=O) groups is 2. The van der Waals surface area contributed by atoms with Crippen LogP contribution < -0.4 is 4.74 Å². The highest BCUT2D eigenvalue weighted by molar-refractivity contribution is 6.30. The molecule has 4 rings (SSSR count). The first-order chi connectivity index (χ1) is 15.7. The van der Waals surface area contributed by atoms with Gasteiger partial charge in [-0.3, -0.25) is 14.8 Å². The number of pyridine rings is 1. The molecule has 1 fully saturated rings. The average molecular weight is 474 g/mol. The van der Waals surface area contributed by atoms with Crippen molar-refractivity contribution in [1.82, 2.24) is 14.8 Å². The summed E-state index contributed by atoms with van der Waals surface area (Å²) >= 11 is 6.24. The highest BCUT2D eigenvalue weighted by Gasteiger charge is 2.42. The molecule has 0 aliphatic carbocycles. The molecule has 3 heterocycles. The van der Waals surface area contributed by atoms with Gasteiger partial charge in [0.15, 0.2) is 0 Å². The van der Waals surface area contributed by atoms with Crippen molar-refractivity contribution in [1.29, 1.82) is 0 Å². The number of benzene rings is 1. The van der Waals surface area contributed by atoms with Crippen LogP contribution in [0.15, 0.2) is 36.5 Å². The Morgan fingerprint density at radius 3 is 2.73 bits per heavy atom. The van der Waals surface area contributed by atoms with Gasteiger partial charge in [-0.1, -0.05) is 23.7 Å². The molecule has 9 heteroatoms. The number of ether oxygens (including phenoxy) is 3. The molecule has 33 heavy (non-hydrogen) atoms. The second kappa shape index (κ2) is 9.19. The maximum absolute atomic E-state index is 12.8. The molecular formula is C24H28ClN3O5. The molecule has 0 bridgehead atoms. The predicted molar refractivity (Wildman–Crippen MR) is 122 cm³/mol. The third kappa shape index (κ3) is 4.91. The van der Waals surface area contributed by atoms with Crippen LogP contribution in [0.4, 0.5) is 4.79 Å². The van der Waals surface area contributed by atoms with Crippen LogP contribution in [-0.4, -0.2) is 65.2 Å². The van der Waals surface area contributed by atoms with E-state index in [-0.39, 0.29) is 12.6 Å². The van der Waals surface area contributed by atoms with E-state index in [4.69, 9.17) is 25.8 Å². The Morgan fingerprint density at radius 1 is 1.21 bits per heavy atom. The van der Waals surface area contributed by atoms with E-state index in [1.165, 1.54) is 12.0 Å². The number of hydrogen-bond acceptors (Lipinski definition) is 7. The lowest BCUT2D eigenvalue weighted by Crippen LogP contribution is -2.59. The van der Waals surface area contributed by atoms with Crippen LogP contribution >= 0.6 is 11.6 Å². The number of carbonyl (C=O) groups excluding carboxylic acids is 2. The molecule has 1 saturated heterocycles. The fourth-order valence-electron chi connectivity index (χ4n) is 4.27. The maximum Gasteiger partial charge on any atom is 0.411 e. The standard InChI is InChI=1S/C24H28ClN3O5/c1-24(2,3)33-23(30)28-11-10-27(13-18(28)22(29)31-4)21-17-8-7-16(25)12-19(17)32-14-15-6-5-9-26-20(15)21/h5-9,12,18,21H,10-11,13-14H2,1-4H3/t18-,21?/m1/s1.